The predicted molar refractivity (Wildman–Crippen MR) is 138 cm³/mol. The standard InChI is InChI=1S/C27H32ClFN2O6/c1-3-4-11-30(22(16-27(34)35)19-6-7-20(28)21(29)15-19)17-18-5-8-23(24(14-18)36-2)37-13-12-31-25(32)9-10-26(31)33/h5-10,14-15,22,32-33H,3-4,11-13,16-17H2,1-2H3,(H,34,35). The number of hydrogen-bond acceptors (Lipinski definition) is 6. The number of hydrogen-bond donors (Lipinski definition) is 3. The molecule has 1 heterocycles. The van der Waals surface area contributed by atoms with Crippen LogP contribution in [0, 0.1) is 5.82 Å². The molecular formula is C27H32ClFN2O6. The molecule has 0 aliphatic carbocycles. The minimum atomic E-state index is -0.983. The third-order valence-corrected chi connectivity index (χ3v) is 6.36. The summed E-state index contributed by atoms with van der Waals surface area (Å²) in [5, 5.41) is 29.1. The monoisotopic (exact) mass is 534 g/mol. The molecule has 0 spiro atoms. The fourth-order valence-corrected chi connectivity index (χ4v) is 4.25. The highest BCUT2D eigenvalue weighted by Crippen LogP contribution is 2.33. The van der Waals surface area contributed by atoms with Gasteiger partial charge in [0.05, 0.1) is 25.1 Å². The van der Waals surface area contributed by atoms with Gasteiger partial charge in [-0.25, -0.2) is 4.39 Å². The Kier molecular flexibility index (Phi) is 10.0. The van der Waals surface area contributed by atoms with Gasteiger partial charge in [-0.15, -0.1) is 0 Å². The SMILES string of the molecule is CCCCN(Cc1ccc(OCCn2c(O)ccc2O)c(OC)c1)C(CC(=O)O)c1ccc(Cl)c(F)c1. The van der Waals surface area contributed by atoms with Gasteiger partial charge < -0.3 is 24.8 Å². The molecule has 1 unspecified atom stereocenters. The Morgan fingerprint density at radius 1 is 1.11 bits per heavy atom. The summed E-state index contributed by atoms with van der Waals surface area (Å²) >= 11 is 5.86. The molecule has 1 atom stereocenters. The van der Waals surface area contributed by atoms with Gasteiger partial charge in [0.25, 0.3) is 0 Å². The molecule has 0 amide bonds. The van der Waals surface area contributed by atoms with E-state index >= 15 is 0 Å². The molecule has 10 heteroatoms. The van der Waals surface area contributed by atoms with Crippen LogP contribution in [-0.4, -0.2) is 51.0 Å². The second kappa shape index (κ2) is 13.2. The third kappa shape index (κ3) is 7.53. The Balaban J connectivity index is 1.80. The van der Waals surface area contributed by atoms with Crippen LogP contribution in [-0.2, 0) is 17.9 Å². The lowest BCUT2D eigenvalue weighted by atomic mass is 10.00. The van der Waals surface area contributed by atoms with Crippen molar-refractivity contribution in [2.24, 2.45) is 0 Å². The largest absolute Gasteiger partial charge is 0.494 e. The van der Waals surface area contributed by atoms with Crippen LogP contribution in [0.2, 0.25) is 5.02 Å². The van der Waals surface area contributed by atoms with Crippen molar-refractivity contribution in [2.75, 3.05) is 20.3 Å². The summed E-state index contributed by atoms with van der Waals surface area (Å²) in [7, 11) is 1.52. The number of aromatic nitrogens is 1. The Labute approximate surface area is 220 Å². The average molecular weight is 535 g/mol. The fourth-order valence-electron chi connectivity index (χ4n) is 4.14. The summed E-state index contributed by atoms with van der Waals surface area (Å²) in [6.45, 7) is 3.48. The number of carboxylic acids is 1. The highest BCUT2D eigenvalue weighted by molar-refractivity contribution is 6.30. The molecule has 0 saturated carbocycles. The Morgan fingerprint density at radius 2 is 1.84 bits per heavy atom. The molecule has 0 aliphatic heterocycles. The van der Waals surface area contributed by atoms with Crippen LogP contribution >= 0.6 is 11.6 Å². The molecule has 1 aromatic heterocycles. The van der Waals surface area contributed by atoms with Crippen molar-refractivity contribution in [3.05, 3.63) is 70.5 Å². The van der Waals surface area contributed by atoms with E-state index < -0.39 is 17.8 Å². The zero-order valence-corrected chi connectivity index (χ0v) is 21.6. The minimum absolute atomic E-state index is 0.0135. The van der Waals surface area contributed by atoms with Crippen LogP contribution in [0.1, 0.15) is 43.4 Å². The molecule has 0 fully saturated rings. The number of unbranched alkanes of at least 4 members (excludes halogenated alkanes) is 1. The quantitative estimate of drug-likeness (QED) is 0.247. The molecule has 0 saturated heterocycles. The number of aromatic hydroxyl groups is 2. The number of halogens is 2. The van der Waals surface area contributed by atoms with Crippen molar-refractivity contribution in [1.29, 1.82) is 0 Å². The summed E-state index contributed by atoms with van der Waals surface area (Å²) < 4.78 is 26.9. The lowest BCUT2D eigenvalue weighted by Gasteiger charge is -2.31. The Bertz CT molecular complexity index is 1180. The van der Waals surface area contributed by atoms with Gasteiger partial charge >= 0.3 is 5.97 Å². The van der Waals surface area contributed by atoms with E-state index in [2.05, 4.69) is 6.92 Å². The van der Waals surface area contributed by atoms with E-state index in [0.717, 1.165) is 18.4 Å². The highest BCUT2D eigenvalue weighted by atomic mass is 35.5. The number of benzene rings is 2. The fraction of sp³-hybridized carbons (Fsp3) is 0.370. The summed E-state index contributed by atoms with van der Waals surface area (Å²) in [5.41, 5.74) is 1.41. The second-order valence-electron chi connectivity index (χ2n) is 8.65. The van der Waals surface area contributed by atoms with E-state index in [1.165, 1.54) is 35.9 Å². The van der Waals surface area contributed by atoms with Gasteiger partial charge in [-0.05, 0) is 48.4 Å². The van der Waals surface area contributed by atoms with Gasteiger partial charge in [0.1, 0.15) is 12.4 Å². The lowest BCUT2D eigenvalue weighted by molar-refractivity contribution is -0.138. The molecule has 2 aromatic carbocycles. The summed E-state index contributed by atoms with van der Waals surface area (Å²) in [5.74, 6) is -0.725. The van der Waals surface area contributed by atoms with Crippen LogP contribution in [0.15, 0.2) is 48.5 Å². The van der Waals surface area contributed by atoms with E-state index in [0.29, 0.717) is 30.2 Å². The first kappa shape index (κ1) is 28.1. The zero-order valence-electron chi connectivity index (χ0n) is 20.9. The number of nitrogens with zero attached hydrogens (tertiary/aromatic N) is 2. The number of carboxylic acid groups (broad SMARTS) is 1. The van der Waals surface area contributed by atoms with Gasteiger partial charge in [-0.1, -0.05) is 37.1 Å². The molecular weight excluding hydrogens is 503 g/mol. The second-order valence-corrected chi connectivity index (χ2v) is 9.05. The van der Waals surface area contributed by atoms with Crippen molar-refractivity contribution in [3.63, 3.8) is 0 Å². The van der Waals surface area contributed by atoms with Crippen molar-refractivity contribution < 1.29 is 34.0 Å². The van der Waals surface area contributed by atoms with E-state index in [-0.39, 0.29) is 36.4 Å². The smallest absolute Gasteiger partial charge is 0.305 e. The minimum Gasteiger partial charge on any atom is -0.494 e. The number of carbonyl (C=O) groups is 1. The van der Waals surface area contributed by atoms with Crippen molar-refractivity contribution in [3.8, 4) is 23.3 Å². The highest BCUT2D eigenvalue weighted by Gasteiger charge is 2.24. The Morgan fingerprint density at radius 3 is 2.46 bits per heavy atom. The molecule has 3 rings (SSSR count). The number of aliphatic carboxylic acids is 1. The predicted octanol–water partition coefficient (Wildman–Crippen LogP) is 5.60. The molecule has 0 bridgehead atoms. The molecule has 8 nitrogen and oxygen atoms in total. The van der Waals surface area contributed by atoms with Crippen LogP contribution in [0.5, 0.6) is 23.3 Å². The molecule has 3 N–H and O–H groups in total. The van der Waals surface area contributed by atoms with E-state index in [4.69, 9.17) is 21.1 Å². The lowest BCUT2D eigenvalue weighted by Crippen LogP contribution is -2.31. The van der Waals surface area contributed by atoms with Crippen LogP contribution < -0.4 is 9.47 Å². The molecule has 0 aliphatic rings. The maximum Gasteiger partial charge on any atom is 0.305 e. The summed E-state index contributed by atoms with van der Waals surface area (Å²) in [6, 6.07) is 12.1. The van der Waals surface area contributed by atoms with Gasteiger partial charge in [0, 0.05) is 24.7 Å². The number of ether oxygens (including phenoxy) is 2. The van der Waals surface area contributed by atoms with Crippen LogP contribution in [0.4, 0.5) is 4.39 Å². The van der Waals surface area contributed by atoms with Gasteiger partial charge in [-0.2, -0.15) is 0 Å². The first-order valence-corrected chi connectivity index (χ1v) is 12.4. The van der Waals surface area contributed by atoms with Crippen molar-refractivity contribution in [1.82, 2.24) is 9.47 Å². The van der Waals surface area contributed by atoms with E-state index in [1.54, 1.807) is 12.1 Å². The van der Waals surface area contributed by atoms with Crippen molar-refractivity contribution in [2.45, 2.75) is 45.3 Å². The average Bonchev–Trinajstić information content (AvgIpc) is 3.19. The topological polar surface area (TPSA) is 104 Å². The molecule has 3 aromatic rings. The van der Waals surface area contributed by atoms with Crippen molar-refractivity contribution >= 4 is 17.6 Å². The maximum atomic E-state index is 14.2. The Hall–Kier alpha value is -3.43. The van der Waals surface area contributed by atoms with Crippen LogP contribution in [0.25, 0.3) is 0 Å². The van der Waals surface area contributed by atoms with Gasteiger partial charge in [-0.3, -0.25) is 14.3 Å². The van der Waals surface area contributed by atoms with Crippen LogP contribution in [0.3, 0.4) is 0 Å². The third-order valence-electron chi connectivity index (χ3n) is 6.06. The summed E-state index contributed by atoms with van der Waals surface area (Å²) in [6.07, 6.45) is 1.56. The number of rotatable bonds is 14. The zero-order chi connectivity index (χ0) is 26.9. The molecule has 200 valence electrons. The molecule has 37 heavy (non-hydrogen) atoms. The number of methoxy groups -OCH3 is 1. The first-order valence-electron chi connectivity index (χ1n) is 12.0. The normalized spacial score (nSPS) is 12.0. The first-order chi connectivity index (χ1) is 17.7. The molecule has 0 radical (unpaired) electrons. The van der Waals surface area contributed by atoms with E-state index in [1.807, 2.05) is 17.0 Å². The maximum absolute atomic E-state index is 14.2. The van der Waals surface area contributed by atoms with Gasteiger partial charge in [0.2, 0.25) is 0 Å². The van der Waals surface area contributed by atoms with E-state index in [9.17, 15) is 24.5 Å². The van der Waals surface area contributed by atoms with Gasteiger partial charge in [0.15, 0.2) is 23.3 Å². The summed E-state index contributed by atoms with van der Waals surface area (Å²) in [4.78, 5) is 13.7.